The number of amides is 1. The molecule has 1 amide bonds. The number of nitrogen functional groups attached to an aromatic ring is 1. The molecule has 0 spiro atoms. The van der Waals surface area contributed by atoms with E-state index in [-0.39, 0.29) is 12.5 Å². The molecular formula is C16H19N3O. The second kappa shape index (κ2) is 6.10. The quantitative estimate of drug-likeness (QED) is 0.839. The third kappa shape index (κ3) is 3.75. The Morgan fingerprint density at radius 1 is 1.20 bits per heavy atom. The van der Waals surface area contributed by atoms with Gasteiger partial charge in [0.25, 0.3) is 0 Å². The summed E-state index contributed by atoms with van der Waals surface area (Å²) in [6.45, 7) is 2.32. The minimum atomic E-state index is -0.0698. The van der Waals surface area contributed by atoms with E-state index in [2.05, 4.69) is 5.32 Å². The lowest BCUT2D eigenvalue weighted by atomic mass is 10.2. The molecule has 4 heteroatoms. The number of likely N-dealkylation sites (N-methyl/N-ethyl adjacent to an activating group) is 1. The second-order valence-electron chi connectivity index (χ2n) is 4.87. The average Bonchev–Trinajstić information content (AvgIpc) is 2.38. The van der Waals surface area contributed by atoms with Crippen LogP contribution in [0, 0.1) is 6.92 Å². The van der Waals surface area contributed by atoms with E-state index in [1.807, 2.05) is 55.3 Å². The number of carbonyl (C=O) groups is 1. The molecular weight excluding hydrogens is 250 g/mol. The summed E-state index contributed by atoms with van der Waals surface area (Å²) in [6, 6.07) is 15.2. The fourth-order valence-corrected chi connectivity index (χ4v) is 1.99. The molecule has 0 unspecified atom stereocenters. The molecule has 0 saturated carbocycles. The molecule has 0 heterocycles. The van der Waals surface area contributed by atoms with Gasteiger partial charge in [0.05, 0.1) is 6.54 Å². The van der Waals surface area contributed by atoms with E-state index >= 15 is 0 Å². The number of nitrogens with two attached hydrogens (primary N) is 1. The van der Waals surface area contributed by atoms with Crippen LogP contribution in [0.1, 0.15) is 5.56 Å². The minimum Gasteiger partial charge on any atom is -0.399 e. The standard InChI is InChI=1S/C16H19N3O/c1-12-5-3-8-15(9-12)19(2)11-16(20)18-14-7-4-6-13(17)10-14/h3-10H,11,17H2,1-2H3,(H,18,20). The molecule has 0 aliphatic rings. The maximum Gasteiger partial charge on any atom is 0.243 e. The van der Waals surface area contributed by atoms with E-state index in [9.17, 15) is 4.79 Å². The highest BCUT2D eigenvalue weighted by Gasteiger charge is 2.08. The van der Waals surface area contributed by atoms with Gasteiger partial charge in [-0.25, -0.2) is 0 Å². The van der Waals surface area contributed by atoms with Crippen LogP contribution in [0.15, 0.2) is 48.5 Å². The SMILES string of the molecule is Cc1cccc(N(C)CC(=O)Nc2cccc(N)c2)c1. The first-order valence-corrected chi connectivity index (χ1v) is 6.48. The summed E-state index contributed by atoms with van der Waals surface area (Å²) in [7, 11) is 1.90. The van der Waals surface area contributed by atoms with Gasteiger partial charge >= 0.3 is 0 Å². The Kier molecular flexibility index (Phi) is 4.25. The van der Waals surface area contributed by atoms with Gasteiger partial charge in [-0.15, -0.1) is 0 Å². The Balaban J connectivity index is 1.97. The van der Waals surface area contributed by atoms with Gasteiger partial charge in [-0.3, -0.25) is 4.79 Å². The third-order valence-electron chi connectivity index (χ3n) is 2.99. The predicted molar refractivity (Wildman–Crippen MR) is 83.9 cm³/mol. The summed E-state index contributed by atoms with van der Waals surface area (Å²) in [6.07, 6.45) is 0. The first-order chi connectivity index (χ1) is 9.54. The van der Waals surface area contributed by atoms with Gasteiger partial charge in [-0.2, -0.15) is 0 Å². The zero-order chi connectivity index (χ0) is 14.5. The number of aryl methyl sites for hydroxylation is 1. The molecule has 2 aromatic rings. The van der Waals surface area contributed by atoms with Crippen LogP contribution in [0.4, 0.5) is 17.1 Å². The Morgan fingerprint density at radius 2 is 1.95 bits per heavy atom. The minimum absolute atomic E-state index is 0.0698. The summed E-state index contributed by atoms with van der Waals surface area (Å²) in [5.74, 6) is -0.0698. The van der Waals surface area contributed by atoms with Crippen molar-refractivity contribution in [1.82, 2.24) is 0 Å². The van der Waals surface area contributed by atoms with Crippen molar-refractivity contribution in [3.05, 3.63) is 54.1 Å². The van der Waals surface area contributed by atoms with E-state index in [1.54, 1.807) is 12.1 Å². The van der Waals surface area contributed by atoms with Gasteiger partial charge in [0, 0.05) is 24.1 Å². The molecule has 0 atom stereocenters. The van der Waals surface area contributed by atoms with Crippen LogP contribution >= 0.6 is 0 Å². The number of rotatable bonds is 4. The van der Waals surface area contributed by atoms with E-state index in [0.717, 1.165) is 5.69 Å². The molecule has 0 bridgehead atoms. The Bertz CT molecular complexity index is 610. The van der Waals surface area contributed by atoms with Gasteiger partial charge < -0.3 is 16.0 Å². The van der Waals surface area contributed by atoms with Crippen molar-refractivity contribution < 1.29 is 4.79 Å². The molecule has 104 valence electrons. The fraction of sp³-hybridized carbons (Fsp3) is 0.188. The molecule has 2 rings (SSSR count). The Hall–Kier alpha value is -2.49. The number of hydrogen-bond donors (Lipinski definition) is 2. The van der Waals surface area contributed by atoms with Gasteiger partial charge in [-0.1, -0.05) is 18.2 Å². The molecule has 0 aliphatic heterocycles. The predicted octanol–water partition coefficient (Wildman–Crippen LogP) is 2.65. The second-order valence-corrected chi connectivity index (χ2v) is 4.87. The first kappa shape index (κ1) is 13.9. The summed E-state index contributed by atoms with van der Waals surface area (Å²) >= 11 is 0. The number of benzene rings is 2. The highest BCUT2D eigenvalue weighted by Crippen LogP contribution is 2.15. The van der Waals surface area contributed by atoms with E-state index in [4.69, 9.17) is 5.73 Å². The molecule has 0 aliphatic carbocycles. The lowest BCUT2D eigenvalue weighted by Crippen LogP contribution is -2.30. The maximum absolute atomic E-state index is 12.0. The molecule has 4 nitrogen and oxygen atoms in total. The van der Waals surface area contributed by atoms with E-state index in [1.165, 1.54) is 5.56 Å². The molecule has 0 fully saturated rings. The molecule has 0 saturated heterocycles. The van der Waals surface area contributed by atoms with Gasteiger partial charge in [0.1, 0.15) is 0 Å². The smallest absolute Gasteiger partial charge is 0.243 e. The third-order valence-corrected chi connectivity index (χ3v) is 2.99. The molecule has 2 aromatic carbocycles. The Labute approximate surface area is 119 Å². The van der Waals surface area contributed by atoms with Crippen molar-refractivity contribution in [2.24, 2.45) is 0 Å². The number of hydrogen-bond acceptors (Lipinski definition) is 3. The van der Waals surface area contributed by atoms with E-state index in [0.29, 0.717) is 11.4 Å². The summed E-state index contributed by atoms with van der Waals surface area (Å²) < 4.78 is 0. The monoisotopic (exact) mass is 269 g/mol. The van der Waals surface area contributed by atoms with Crippen LogP contribution < -0.4 is 16.0 Å². The van der Waals surface area contributed by atoms with Crippen molar-refractivity contribution in [3.8, 4) is 0 Å². The highest BCUT2D eigenvalue weighted by molar-refractivity contribution is 5.94. The van der Waals surface area contributed by atoms with Crippen LogP contribution in [-0.4, -0.2) is 19.5 Å². The van der Waals surface area contributed by atoms with Crippen LogP contribution in [0.5, 0.6) is 0 Å². The van der Waals surface area contributed by atoms with Gasteiger partial charge in [-0.05, 0) is 42.8 Å². The number of carbonyl (C=O) groups excluding carboxylic acids is 1. The van der Waals surface area contributed by atoms with Crippen LogP contribution in [-0.2, 0) is 4.79 Å². The summed E-state index contributed by atoms with van der Waals surface area (Å²) in [5.41, 5.74) is 9.22. The van der Waals surface area contributed by atoms with E-state index < -0.39 is 0 Å². The number of anilines is 3. The number of nitrogens with zero attached hydrogens (tertiary/aromatic N) is 1. The normalized spacial score (nSPS) is 10.1. The first-order valence-electron chi connectivity index (χ1n) is 6.48. The van der Waals surface area contributed by atoms with Crippen molar-refractivity contribution in [3.63, 3.8) is 0 Å². The van der Waals surface area contributed by atoms with Crippen LogP contribution in [0.25, 0.3) is 0 Å². The van der Waals surface area contributed by atoms with Crippen molar-refractivity contribution in [2.75, 3.05) is 29.5 Å². The number of nitrogens with one attached hydrogen (secondary N) is 1. The summed E-state index contributed by atoms with van der Waals surface area (Å²) in [4.78, 5) is 13.9. The van der Waals surface area contributed by atoms with Crippen molar-refractivity contribution in [1.29, 1.82) is 0 Å². The largest absolute Gasteiger partial charge is 0.399 e. The molecule has 0 radical (unpaired) electrons. The van der Waals surface area contributed by atoms with Crippen LogP contribution in [0.2, 0.25) is 0 Å². The fourth-order valence-electron chi connectivity index (χ4n) is 1.99. The lowest BCUT2D eigenvalue weighted by molar-refractivity contribution is -0.114. The zero-order valence-electron chi connectivity index (χ0n) is 11.8. The highest BCUT2D eigenvalue weighted by atomic mass is 16.2. The average molecular weight is 269 g/mol. The van der Waals surface area contributed by atoms with Crippen LogP contribution in [0.3, 0.4) is 0 Å². The van der Waals surface area contributed by atoms with Gasteiger partial charge in [0.15, 0.2) is 0 Å². The topological polar surface area (TPSA) is 58.4 Å². The van der Waals surface area contributed by atoms with Crippen molar-refractivity contribution in [2.45, 2.75) is 6.92 Å². The molecule has 0 aromatic heterocycles. The Morgan fingerprint density at radius 3 is 2.65 bits per heavy atom. The maximum atomic E-state index is 12.0. The molecule has 3 N–H and O–H groups in total. The zero-order valence-corrected chi connectivity index (χ0v) is 11.8. The molecule has 20 heavy (non-hydrogen) atoms. The summed E-state index contributed by atoms with van der Waals surface area (Å²) in [5, 5.41) is 2.84. The lowest BCUT2D eigenvalue weighted by Gasteiger charge is -2.19. The van der Waals surface area contributed by atoms with Crippen molar-refractivity contribution >= 4 is 23.0 Å². The van der Waals surface area contributed by atoms with Gasteiger partial charge in [0.2, 0.25) is 5.91 Å².